The zero-order chi connectivity index (χ0) is 6.24. The summed E-state index contributed by atoms with van der Waals surface area (Å²) in [5.41, 5.74) is 0. The van der Waals surface area contributed by atoms with Crippen molar-refractivity contribution in [1.82, 2.24) is 5.09 Å². The lowest BCUT2D eigenvalue weighted by molar-refractivity contribution is 0.0964. The Labute approximate surface area is 51.7 Å². The van der Waals surface area contributed by atoms with Gasteiger partial charge in [-0.2, -0.15) is 0 Å². The molecule has 0 aromatic heterocycles. The molecule has 0 amide bonds. The van der Waals surface area contributed by atoms with E-state index in [-0.39, 0.29) is 6.61 Å². The summed E-state index contributed by atoms with van der Waals surface area (Å²) in [4.78, 5) is 0. The van der Waals surface area contributed by atoms with Crippen molar-refractivity contribution in [2.75, 3.05) is 26.4 Å². The van der Waals surface area contributed by atoms with Crippen LogP contribution < -0.4 is 5.09 Å². The van der Waals surface area contributed by atoms with E-state index in [1.165, 1.54) is 0 Å². The van der Waals surface area contributed by atoms with E-state index in [1.807, 2.05) is 0 Å². The maximum Gasteiger partial charge on any atom is 0.0698 e. The lowest BCUT2D eigenvalue weighted by Crippen LogP contribution is -2.10. The molecule has 50 valence electrons. The molecule has 0 aromatic carbocycles. The fraction of sp³-hybridized carbons (Fsp3) is 1.00. The highest BCUT2D eigenvalue weighted by atomic mass is 31.0. The van der Waals surface area contributed by atoms with Gasteiger partial charge in [0.05, 0.1) is 19.8 Å². The third-order valence-corrected chi connectivity index (χ3v) is 0.915. The average Bonchev–Trinajstić information content (AvgIpc) is 1.81. The summed E-state index contributed by atoms with van der Waals surface area (Å²) >= 11 is 0. The van der Waals surface area contributed by atoms with E-state index in [0.717, 1.165) is 6.54 Å². The predicted octanol–water partition coefficient (Wildman–Crippen LogP) is -0.625. The monoisotopic (exact) mass is 137 g/mol. The van der Waals surface area contributed by atoms with Crippen molar-refractivity contribution in [2.45, 2.75) is 0 Å². The lowest BCUT2D eigenvalue weighted by atomic mass is 10.7. The number of rotatable bonds is 5. The Morgan fingerprint density at radius 1 is 1.50 bits per heavy atom. The van der Waals surface area contributed by atoms with Gasteiger partial charge >= 0.3 is 0 Å². The molecule has 0 aliphatic rings. The van der Waals surface area contributed by atoms with E-state index in [4.69, 9.17) is 9.84 Å². The molecule has 0 saturated carbocycles. The molecular formula is C4H12NO2P. The Balaban J connectivity index is 2.53. The third-order valence-electron chi connectivity index (χ3n) is 0.626. The number of aliphatic hydroxyl groups is 1. The summed E-state index contributed by atoms with van der Waals surface area (Å²) in [6.45, 7) is 2.01. The summed E-state index contributed by atoms with van der Waals surface area (Å²) < 4.78 is 4.90. The second-order valence-electron chi connectivity index (χ2n) is 1.29. The summed E-state index contributed by atoms with van der Waals surface area (Å²) in [7, 11) is 2.37. The van der Waals surface area contributed by atoms with Crippen LogP contribution in [-0.2, 0) is 4.74 Å². The average molecular weight is 137 g/mol. The Kier molecular flexibility index (Phi) is 7.59. The number of aliphatic hydroxyl groups excluding tert-OH is 1. The summed E-state index contributed by atoms with van der Waals surface area (Å²) in [6.07, 6.45) is 0. The molecule has 0 saturated heterocycles. The molecule has 0 rings (SSSR count). The van der Waals surface area contributed by atoms with Gasteiger partial charge in [-0.25, -0.2) is 0 Å². The van der Waals surface area contributed by atoms with E-state index in [9.17, 15) is 0 Å². The van der Waals surface area contributed by atoms with Crippen LogP contribution in [0.2, 0.25) is 0 Å². The first-order valence-corrected chi connectivity index (χ1v) is 3.11. The molecule has 0 aliphatic carbocycles. The highest BCUT2D eigenvalue weighted by Gasteiger charge is 1.81. The third kappa shape index (κ3) is 6.31. The van der Waals surface area contributed by atoms with E-state index >= 15 is 0 Å². The first-order valence-electron chi connectivity index (χ1n) is 2.54. The maximum atomic E-state index is 8.21. The molecule has 0 radical (unpaired) electrons. The van der Waals surface area contributed by atoms with Crippen LogP contribution in [0.3, 0.4) is 0 Å². The lowest BCUT2D eigenvalue weighted by Gasteiger charge is -1.98. The van der Waals surface area contributed by atoms with E-state index in [1.54, 1.807) is 0 Å². The predicted molar refractivity (Wildman–Crippen MR) is 35.6 cm³/mol. The van der Waals surface area contributed by atoms with Gasteiger partial charge in [0.25, 0.3) is 0 Å². The Hall–Kier alpha value is 0.310. The molecule has 0 fully saturated rings. The van der Waals surface area contributed by atoms with E-state index in [0.29, 0.717) is 13.2 Å². The molecule has 4 heteroatoms. The van der Waals surface area contributed by atoms with Crippen LogP contribution in [-0.4, -0.2) is 31.5 Å². The molecule has 0 spiro atoms. The quantitative estimate of drug-likeness (QED) is 0.392. The molecular weight excluding hydrogens is 125 g/mol. The number of hydrogen-bond acceptors (Lipinski definition) is 3. The van der Waals surface area contributed by atoms with Gasteiger partial charge in [-0.3, -0.25) is 5.09 Å². The van der Waals surface area contributed by atoms with E-state index in [2.05, 4.69) is 14.5 Å². The number of ether oxygens (including phenoxy) is 1. The molecule has 0 aliphatic heterocycles. The maximum absolute atomic E-state index is 8.21. The minimum absolute atomic E-state index is 0.108. The standard InChI is InChI=1S/C4H12NO2P/c6-2-4-7-3-1-5-8/h5-6H,1-4,8H2. The minimum atomic E-state index is 0.108. The van der Waals surface area contributed by atoms with Crippen LogP contribution in [0.5, 0.6) is 0 Å². The van der Waals surface area contributed by atoms with Crippen LogP contribution in [0.1, 0.15) is 0 Å². The van der Waals surface area contributed by atoms with Crippen LogP contribution >= 0.6 is 9.39 Å². The smallest absolute Gasteiger partial charge is 0.0698 e. The molecule has 0 aromatic rings. The van der Waals surface area contributed by atoms with Crippen LogP contribution in [0.4, 0.5) is 0 Å². The van der Waals surface area contributed by atoms with Gasteiger partial charge in [0.15, 0.2) is 0 Å². The molecule has 3 nitrogen and oxygen atoms in total. The van der Waals surface area contributed by atoms with Crippen molar-refractivity contribution >= 4 is 9.39 Å². The van der Waals surface area contributed by atoms with Crippen LogP contribution in [0.15, 0.2) is 0 Å². The Morgan fingerprint density at radius 3 is 2.75 bits per heavy atom. The Morgan fingerprint density at radius 2 is 2.25 bits per heavy atom. The molecule has 2 N–H and O–H groups in total. The zero-order valence-corrected chi connectivity index (χ0v) is 5.92. The summed E-state index contributed by atoms with van der Waals surface area (Å²) in [5.74, 6) is 0. The largest absolute Gasteiger partial charge is 0.394 e. The minimum Gasteiger partial charge on any atom is -0.394 e. The van der Waals surface area contributed by atoms with Crippen LogP contribution in [0.25, 0.3) is 0 Å². The fourth-order valence-electron chi connectivity index (χ4n) is 0.298. The summed E-state index contributed by atoms with van der Waals surface area (Å²) in [5, 5.41) is 11.1. The van der Waals surface area contributed by atoms with Gasteiger partial charge in [0, 0.05) is 6.54 Å². The van der Waals surface area contributed by atoms with Crippen molar-refractivity contribution in [3.05, 3.63) is 0 Å². The first kappa shape index (κ1) is 8.31. The van der Waals surface area contributed by atoms with Crippen molar-refractivity contribution in [3.63, 3.8) is 0 Å². The number of nitrogens with one attached hydrogen (secondary N) is 1. The topological polar surface area (TPSA) is 41.5 Å². The van der Waals surface area contributed by atoms with Gasteiger partial charge in [-0.05, 0) is 0 Å². The van der Waals surface area contributed by atoms with E-state index < -0.39 is 0 Å². The van der Waals surface area contributed by atoms with Gasteiger partial charge in [-0.1, -0.05) is 9.39 Å². The molecule has 8 heavy (non-hydrogen) atoms. The molecule has 0 heterocycles. The van der Waals surface area contributed by atoms with Gasteiger partial charge < -0.3 is 9.84 Å². The highest BCUT2D eigenvalue weighted by Crippen LogP contribution is 1.72. The van der Waals surface area contributed by atoms with Gasteiger partial charge in [-0.15, -0.1) is 0 Å². The second kappa shape index (κ2) is 7.31. The second-order valence-corrected chi connectivity index (χ2v) is 1.70. The highest BCUT2D eigenvalue weighted by molar-refractivity contribution is 7.13. The molecule has 1 unspecified atom stereocenters. The van der Waals surface area contributed by atoms with Gasteiger partial charge in [0.1, 0.15) is 0 Å². The van der Waals surface area contributed by atoms with Crippen molar-refractivity contribution in [3.8, 4) is 0 Å². The Bertz CT molecular complexity index is 39.0. The van der Waals surface area contributed by atoms with Crippen molar-refractivity contribution in [1.29, 1.82) is 0 Å². The number of hydrogen-bond donors (Lipinski definition) is 2. The normalized spacial score (nSPS) is 9.75. The summed E-state index contributed by atoms with van der Waals surface area (Å²) in [6, 6.07) is 0. The fourth-order valence-corrected chi connectivity index (χ4v) is 0.416. The molecule has 1 atom stereocenters. The van der Waals surface area contributed by atoms with Crippen molar-refractivity contribution < 1.29 is 9.84 Å². The molecule has 0 bridgehead atoms. The SMILES string of the molecule is OCCOCCNP. The van der Waals surface area contributed by atoms with Crippen LogP contribution in [0, 0.1) is 0 Å². The van der Waals surface area contributed by atoms with Crippen molar-refractivity contribution in [2.24, 2.45) is 0 Å². The zero-order valence-electron chi connectivity index (χ0n) is 4.76. The van der Waals surface area contributed by atoms with Gasteiger partial charge in [0.2, 0.25) is 0 Å². The first-order chi connectivity index (χ1) is 3.91.